The van der Waals surface area contributed by atoms with E-state index in [1.165, 1.54) is 51.0 Å². The third kappa shape index (κ3) is 3.47. The Morgan fingerprint density at radius 1 is 0.800 bits per heavy atom. The molecule has 3 heterocycles. The van der Waals surface area contributed by atoms with E-state index >= 15 is 0 Å². The Morgan fingerprint density at radius 2 is 1.27 bits per heavy atom. The quantitative estimate of drug-likeness (QED) is 0.326. The van der Waals surface area contributed by atoms with Crippen LogP contribution in [0.4, 0.5) is 0 Å². The molecule has 0 aliphatic carbocycles. The largest absolute Gasteiger partial charge is 0.175 e. The molecule has 0 atom stereocenters. The Kier molecular flexibility index (Phi) is 5.79. The van der Waals surface area contributed by atoms with Gasteiger partial charge in [0.2, 0.25) is 0 Å². The van der Waals surface area contributed by atoms with Gasteiger partial charge in [-0.05, 0) is 22.8 Å². The average Bonchev–Trinajstić information content (AvgIpc) is 3.16. The van der Waals surface area contributed by atoms with Crippen LogP contribution in [0.2, 0.25) is 30.8 Å². The van der Waals surface area contributed by atoms with Gasteiger partial charge in [-0.15, -0.1) is 20.8 Å². The highest BCUT2D eigenvalue weighted by Crippen LogP contribution is 2.54. The SMILES string of the molecule is C[Si](C)(Br)C1=C(B2C3CCCC2CCC3)CC[Si]1(c1ccccc1)c1ccccc1. The maximum atomic E-state index is 4.38. The third-order valence-electron chi connectivity index (χ3n) is 8.36. The van der Waals surface area contributed by atoms with E-state index in [0.717, 1.165) is 18.3 Å². The third-order valence-corrected chi connectivity index (χ3v) is 20.1. The smallest absolute Gasteiger partial charge is 0.121 e. The topological polar surface area (TPSA) is 0 Å². The molecule has 0 radical (unpaired) electrons. The van der Waals surface area contributed by atoms with Gasteiger partial charge in [0.15, 0.2) is 6.71 Å². The van der Waals surface area contributed by atoms with Crippen LogP contribution in [0.15, 0.2) is 71.0 Å². The highest BCUT2D eigenvalue weighted by molar-refractivity contribution is 9.26. The fraction of sp³-hybridized carbons (Fsp3) is 0.462. The molecule has 2 aromatic rings. The van der Waals surface area contributed by atoms with Gasteiger partial charge < -0.3 is 0 Å². The average molecular weight is 493 g/mol. The molecule has 0 unspecified atom stereocenters. The molecular formula is C26H34BBrSi2. The summed E-state index contributed by atoms with van der Waals surface area (Å²) < 4.78 is 0. The predicted molar refractivity (Wildman–Crippen MR) is 142 cm³/mol. The second kappa shape index (κ2) is 8.26. The van der Waals surface area contributed by atoms with E-state index in [1.807, 2.05) is 10.3 Å². The second-order valence-corrected chi connectivity index (χ2v) is 24.3. The maximum absolute atomic E-state index is 4.38. The minimum Gasteiger partial charge on any atom is -0.121 e. The molecule has 0 N–H and O–H groups in total. The number of fused-ring (bicyclic) bond motifs is 2. The Balaban J connectivity index is 1.75. The van der Waals surface area contributed by atoms with Crippen LogP contribution in [-0.4, -0.2) is 21.5 Å². The van der Waals surface area contributed by atoms with Crippen LogP contribution in [-0.2, 0) is 0 Å². The van der Waals surface area contributed by atoms with Crippen molar-refractivity contribution in [2.45, 2.75) is 75.7 Å². The lowest BCUT2D eigenvalue weighted by molar-refractivity contribution is 0.445. The van der Waals surface area contributed by atoms with Gasteiger partial charge in [-0.2, -0.15) is 0 Å². The number of benzene rings is 2. The van der Waals surface area contributed by atoms with Gasteiger partial charge in [-0.1, -0.05) is 129 Å². The van der Waals surface area contributed by atoms with Crippen molar-refractivity contribution in [1.29, 1.82) is 0 Å². The summed E-state index contributed by atoms with van der Waals surface area (Å²) in [6.45, 7) is 4.36. The molecule has 2 saturated heterocycles. The fourth-order valence-corrected chi connectivity index (χ4v) is 22.4. The molecule has 2 bridgehead atoms. The predicted octanol–water partition coefficient (Wildman–Crippen LogP) is 6.77. The number of allylic oxidation sites excluding steroid dienone is 1. The van der Waals surface area contributed by atoms with E-state index in [-0.39, 0.29) is 0 Å². The molecule has 2 fully saturated rings. The highest BCUT2D eigenvalue weighted by Gasteiger charge is 2.54. The van der Waals surface area contributed by atoms with Crippen molar-refractivity contribution in [3.63, 3.8) is 0 Å². The Bertz CT molecular complexity index is 858. The first-order chi connectivity index (χ1) is 14.5. The van der Waals surface area contributed by atoms with E-state index in [2.05, 4.69) is 89.1 Å². The highest BCUT2D eigenvalue weighted by atomic mass is 79.9. The van der Waals surface area contributed by atoms with Crippen molar-refractivity contribution in [1.82, 2.24) is 0 Å². The second-order valence-electron chi connectivity index (χ2n) is 10.4. The van der Waals surface area contributed by atoms with Crippen LogP contribution in [0.1, 0.15) is 44.9 Å². The van der Waals surface area contributed by atoms with E-state index < -0.39 is 14.8 Å². The number of hydrogen-bond acceptors (Lipinski definition) is 0. The zero-order valence-electron chi connectivity index (χ0n) is 18.5. The standard InChI is InChI=1S/C26H34BBrSi2/c1-29(2,28)26-25(27-21-11-9-12-22(27)14-10-13-21)19-20-30(26,23-15-5-3-6-16-23)24-17-7-4-8-18-24/h3-8,15-18,21-22H,9-14,19-20H2,1-2H3. The monoisotopic (exact) mass is 492 g/mol. The summed E-state index contributed by atoms with van der Waals surface area (Å²) in [5, 5.41) is 3.28. The molecule has 0 aromatic heterocycles. The number of rotatable bonds is 4. The Hall–Kier alpha value is -0.841. The molecule has 3 aliphatic heterocycles. The minimum absolute atomic E-state index is 0.883. The molecule has 0 spiro atoms. The summed E-state index contributed by atoms with van der Waals surface area (Å²) in [7, 11) is -1.95. The molecule has 0 nitrogen and oxygen atoms in total. The van der Waals surface area contributed by atoms with Crippen LogP contribution in [0.3, 0.4) is 0 Å². The first-order valence-electron chi connectivity index (χ1n) is 12.1. The summed E-state index contributed by atoms with van der Waals surface area (Å²) in [6, 6.07) is 24.7. The van der Waals surface area contributed by atoms with Crippen molar-refractivity contribution in [2.24, 2.45) is 0 Å². The Morgan fingerprint density at radius 3 is 1.70 bits per heavy atom. The van der Waals surface area contributed by atoms with Crippen LogP contribution < -0.4 is 10.4 Å². The van der Waals surface area contributed by atoms with Crippen LogP contribution in [0.25, 0.3) is 0 Å². The van der Waals surface area contributed by atoms with Crippen LogP contribution in [0, 0.1) is 0 Å². The molecule has 30 heavy (non-hydrogen) atoms. The summed E-state index contributed by atoms with van der Waals surface area (Å²) >= 11 is 4.38. The summed E-state index contributed by atoms with van der Waals surface area (Å²) in [4.78, 5) is 1.95. The fourth-order valence-electron chi connectivity index (χ4n) is 7.50. The van der Waals surface area contributed by atoms with Gasteiger partial charge in [0.05, 0.1) is 0 Å². The van der Waals surface area contributed by atoms with E-state index in [1.54, 1.807) is 10.4 Å². The zero-order chi connectivity index (χ0) is 20.8. The molecule has 2 aromatic carbocycles. The van der Waals surface area contributed by atoms with Gasteiger partial charge in [-0.25, -0.2) is 0 Å². The molecule has 156 valence electrons. The molecular weight excluding hydrogens is 459 g/mol. The van der Waals surface area contributed by atoms with Crippen molar-refractivity contribution < 1.29 is 0 Å². The summed E-state index contributed by atoms with van der Waals surface area (Å²) in [5.41, 5.74) is 1.94. The van der Waals surface area contributed by atoms with Crippen LogP contribution in [0.5, 0.6) is 0 Å². The lowest BCUT2D eigenvalue weighted by Crippen LogP contribution is -2.62. The Labute approximate surface area is 193 Å². The molecule has 3 aliphatic rings. The van der Waals surface area contributed by atoms with Crippen molar-refractivity contribution >= 4 is 47.1 Å². The molecule has 0 saturated carbocycles. The van der Waals surface area contributed by atoms with Crippen molar-refractivity contribution in [3.05, 3.63) is 71.0 Å². The summed E-state index contributed by atoms with van der Waals surface area (Å²) in [6.07, 6.45) is 10.2. The van der Waals surface area contributed by atoms with Gasteiger partial charge in [0, 0.05) is 0 Å². The minimum atomic E-state index is -1.95. The number of halogens is 1. The van der Waals surface area contributed by atoms with Gasteiger partial charge >= 0.3 is 0 Å². The van der Waals surface area contributed by atoms with E-state index in [4.69, 9.17) is 0 Å². The summed E-state index contributed by atoms with van der Waals surface area (Å²) in [5.74, 6) is 1.92. The van der Waals surface area contributed by atoms with Gasteiger partial charge in [0.25, 0.3) is 0 Å². The zero-order valence-corrected chi connectivity index (χ0v) is 22.1. The van der Waals surface area contributed by atoms with Gasteiger partial charge in [-0.3, -0.25) is 0 Å². The molecule has 5 rings (SSSR count). The number of hydrogen-bond donors (Lipinski definition) is 0. The normalized spacial score (nSPS) is 26.2. The first kappa shape index (κ1) is 21.0. The van der Waals surface area contributed by atoms with Crippen molar-refractivity contribution in [2.75, 3.05) is 0 Å². The van der Waals surface area contributed by atoms with E-state index in [0.29, 0.717) is 0 Å². The molecule has 4 heteroatoms. The van der Waals surface area contributed by atoms with Crippen LogP contribution >= 0.6 is 15.3 Å². The lowest BCUT2D eigenvalue weighted by atomic mass is 9.24. The van der Waals surface area contributed by atoms with Crippen molar-refractivity contribution in [3.8, 4) is 0 Å². The first-order valence-corrected chi connectivity index (χ1v) is 19.5. The molecule has 0 amide bonds. The van der Waals surface area contributed by atoms with Gasteiger partial charge in [0.1, 0.15) is 14.8 Å². The van der Waals surface area contributed by atoms with E-state index in [9.17, 15) is 0 Å². The lowest BCUT2D eigenvalue weighted by Gasteiger charge is -2.43. The maximum Gasteiger partial charge on any atom is 0.175 e.